The normalized spacial score (nSPS) is 16.9. The molecular weight excluding hydrogens is 376 g/mol. The maximum atomic E-state index is 12.8. The molecule has 0 saturated carbocycles. The van der Waals surface area contributed by atoms with Gasteiger partial charge >= 0.3 is 0 Å². The van der Waals surface area contributed by atoms with Crippen LogP contribution in [0.5, 0.6) is 0 Å². The predicted molar refractivity (Wildman–Crippen MR) is 117 cm³/mol. The van der Waals surface area contributed by atoms with E-state index in [1.54, 1.807) is 13.2 Å². The molecule has 1 N–H and O–H groups in total. The highest BCUT2D eigenvalue weighted by atomic mass is 16.3. The van der Waals surface area contributed by atoms with Crippen LogP contribution in [0, 0.1) is 5.92 Å². The predicted octanol–water partition coefficient (Wildman–Crippen LogP) is 5.00. The van der Waals surface area contributed by atoms with Gasteiger partial charge < -0.3 is 9.73 Å². The molecule has 1 atom stereocenters. The molecule has 5 nitrogen and oxygen atoms in total. The summed E-state index contributed by atoms with van der Waals surface area (Å²) in [6.07, 6.45) is 3.53. The number of likely N-dealkylation sites (tertiary alicyclic amines) is 1. The number of hydrogen-bond donors (Lipinski definition) is 1. The van der Waals surface area contributed by atoms with Crippen molar-refractivity contribution >= 4 is 17.4 Å². The van der Waals surface area contributed by atoms with Crippen molar-refractivity contribution in [2.75, 3.05) is 18.4 Å². The Labute approximate surface area is 176 Å². The van der Waals surface area contributed by atoms with Gasteiger partial charge in [0.1, 0.15) is 5.76 Å². The van der Waals surface area contributed by atoms with Gasteiger partial charge in [-0.1, -0.05) is 18.2 Å². The number of nitrogens with zero attached hydrogens (tertiary/aromatic N) is 1. The van der Waals surface area contributed by atoms with Crippen LogP contribution < -0.4 is 5.32 Å². The van der Waals surface area contributed by atoms with Gasteiger partial charge in [0.15, 0.2) is 5.78 Å². The first-order valence-corrected chi connectivity index (χ1v) is 10.4. The summed E-state index contributed by atoms with van der Waals surface area (Å²) in [7, 11) is 0. The molecule has 1 amide bonds. The van der Waals surface area contributed by atoms with Gasteiger partial charge in [0.2, 0.25) is 5.91 Å². The molecule has 1 fully saturated rings. The topological polar surface area (TPSA) is 62.6 Å². The lowest BCUT2D eigenvalue weighted by Gasteiger charge is -2.32. The third kappa shape index (κ3) is 4.86. The van der Waals surface area contributed by atoms with Crippen LogP contribution in [0.15, 0.2) is 71.3 Å². The van der Waals surface area contributed by atoms with Crippen LogP contribution in [0.25, 0.3) is 11.3 Å². The number of hydrogen-bond acceptors (Lipinski definition) is 4. The van der Waals surface area contributed by atoms with Crippen molar-refractivity contribution < 1.29 is 14.0 Å². The van der Waals surface area contributed by atoms with Gasteiger partial charge in [0.25, 0.3) is 0 Å². The minimum Gasteiger partial charge on any atom is -0.464 e. The number of carbonyl (C=O) groups is 2. The SMILES string of the molecule is CC(=O)c1cccc(CN2CCCC(C(=O)Nc3ccc(-c4ccco4)cc3)C2)c1. The maximum absolute atomic E-state index is 12.8. The number of Topliss-reactive ketones (excluding diaryl/α,β-unsaturated/α-hetero) is 1. The second-order valence-electron chi connectivity index (χ2n) is 7.87. The second-order valence-corrected chi connectivity index (χ2v) is 7.87. The van der Waals surface area contributed by atoms with E-state index in [0.717, 1.165) is 60.6 Å². The van der Waals surface area contributed by atoms with E-state index in [0.29, 0.717) is 0 Å². The third-order valence-electron chi connectivity index (χ3n) is 5.57. The van der Waals surface area contributed by atoms with E-state index < -0.39 is 0 Å². The summed E-state index contributed by atoms with van der Waals surface area (Å²) < 4.78 is 5.41. The zero-order valence-corrected chi connectivity index (χ0v) is 17.1. The lowest BCUT2D eigenvalue weighted by molar-refractivity contribution is -0.121. The van der Waals surface area contributed by atoms with Gasteiger partial charge in [-0.05, 0) is 74.3 Å². The summed E-state index contributed by atoms with van der Waals surface area (Å²) in [5.41, 5.74) is 3.62. The monoisotopic (exact) mass is 402 g/mol. The van der Waals surface area contributed by atoms with Gasteiger partial charge in [-0.3, -0.25) is 14.5 Å². The first kappa shape index (κ1) is 20.1. The van der Waals surface area contributed by atoms with E-state index in [1.807, 2.05) is 60.7 Å². The van der Waals surface area contributed by atoms with E-state index in [-0.39, 0.29) is 17.6 Å². The maximum Gasteiger partial charge on any atom is 0.228 e. The molecule has 3 aromatic rings. The average Bonchev–Trinajstić information content (AvgIpc) is 3.29. The van der Waals surface area contributed by atoms with E-state index in [4.69, 9.17) is 4.42 Å². The molecule has 30 heavy (non-hydrogen) atoms. The van der Waals surface area contributed by atoms with E-state index in [9.17, 15) is 9.59 Å². The lowest BCUT2D eigenvalue weighted by Crippen LogP contribution is -2.40. The number of rotatable bonds is 6. The Morgan fingerprint density at radius 3 is 2.67 bits per heavy atom. The molecule has 2 aromatic carbocycles. The quantitative estimate of drug-likeness (QED) is 0.590. The Balaban J connectivity index is 1.35. The fourth-order valence-electron chi connectivity index (χ4n) is 3.96. The smallest absolute Gasteiger partial charge is 0.228 e. The molecule has 0 bridgehead atoms. The molecule has 0 aliphatic carbocycles. The summed E-state index contributed by atoms with van der Waals surface area (Å²) in [6, 6.07) is 19.2. The summed E-state index contributed by atoms with van der Waals surface area (Å²) in [5.74, 6) is 0.901. The van der Waals surface area contributed by atoms with Crippen LogP contribution >= 0.6 is 0 Å². The molecule has 0 radical (unpaired) electrons. The zero-order chi connectivity index (χ0) is 20.9. The number of carbonyl (C=O) groups excluding carboxylic acids is 2. The lowest BCUT2D eigenvalue weighted by atomic mass is 9.96. The Bertz CT molecular complexity index is 1010. The minimum atomic E-state index is -0.0421. The van der Waals surface area contributed by atoms with Gasteiger partial charge in [-0.25, -0.2) is 0 Å². The van der Waals surface area contributed by atoms with Crippen LogP contribution in [-0.4, -0.2) is 29.7 Å². The summed E-state index contributed by atoms with van der Waals surface area (Å²) in [6.45, 7) is 4.02. The summed E-state index contributed by atoms with van der Waals surface area (Å²) in [4.78, 5) is 26.7. The standard InChI is InChI=1S/C25H26N2O3/c1-18(28)21-6-2-5-19(15-21)16-27-13-3-7-22(17-27)25(29)26-23-11-9-20(10-12-23)24-8-4-14-30-24/h2,4-6,8-12,14-15,22H,3,7,13,16-17H2,1H3,(H,26,29). The molecule has 1 aromatic heterocycles. The second kappa shape index (κ2) is 9.09. The first-order valence-electron chi connectivity index (χ1n) is 10.4. The Morgan fingerprint density at radius 1 is 1.10 bits per heavy atom. The molecule has 2 heterocycles. The van der Waals surface area contributed by atoms with Crippen LogP contribution in [0.4, 0.5) is 5.69 Å². The van der Waals surface area contributed by atoms with Crippen LogP contribution in [-0.2, 0) is 11.3 Å². The van der Waals surface area contributed by atoms with Gasteiger partial charge in [0, 0.05) is 29.9 Å². The number of piperidine rings is 1. The largest absolute Gasteiger partial charge is 0.464 e. The summed E-state index contributed by atoms with van der Waals surface area (Å²) in [5, 5.41) is 3.05. The fraction of sp³-hybridized carbons (Fsp3) is 0.280. The number of anilines is 1. The third-order valence-corrected chi connectivity index (χ3v) is 5.57. The number of benzene rings is 2. The zero-order valence-electron chi connectivity index (χ0n) is 17.1. The highest BCUT2D eigenvalue weighted by molar-refractivity contribution is 5.94. The van der Waals surface area contributed by atoms with Crippen molar-refractivity contribution in [3.8, 4) is 11.3 Å². The Kier molecular flexibility index (Phi) is 6.10. The number of amides is 1. The molecule has 154 valence electrons. The van der Waals surface area contributed by atoms with Crippen molar-refractivity contribution in [2.24, 2.45) is 5.92 Å². The van der Waals surface area contributed by atoms with Gasteiger partial charge in [-0.2, -0.15) is 0 Å². The van der Waals surface area contributed by atoms with Crippen molar-refractivity contribution in [3.05, 3.63) is 78.1 Å². The van der Waals surface area contributed by atoms with Gasteiger partial charge in [0.05, 0.1) is 12.2 Å². The average molecular weight is 402 g/mol. The molecule has 1 aliphatic heterocycles. The van der Waals surface area contributed by atoms with Crippen LogP contribution in [0.1, 0.15) is 35.7 Å². The molecule has 1 unspecified atom stereocenters. The Morgan fingerprint density at radius 2 is 1.93 bits per heavy atom. The first-order chi connectivity index (χ1) is 14.6. The highest BCUT2D eigenvalue weighted by Gasteiger charge is 2.26. The van der Waals surface area contributed by atoms with Crippen LogP contribution in [0.2, 0.25) is 0 Å². The fourth-order valence-corrected chi connectivity index (χ4v) is 3.96. The molecular formula is C25H26N2O3. The van der Waals surface area contributed by atoms with E-state index in [2.05, 4.69) is 10.2 Å². The molecule has 4 rings (SSSR count). The molecule has 1 aliphatic rings. The minimum absolute atomic E-state index is 0.0421. The summed E-state index contributed by atoms with van der Waals surface area (Å²) >= 11 is 0. The van der Waals surface area contributed by atoms with Crippen molar-refractivity contribution in [1.82, 2.24) is 4.90 Å². The van der Waals surface area contributed by atoms with Crippen LogP contribution in [0.3, 0.4) is 0 Å². The van der Waals surface area contributed by atoms with Crippen molar-refractivity contribution in [1.29, 1.82) is 0 Å². The number of nitrogens with one attached hydrogen (secondary N) is 1. The highest BCUT2D eigenvalue weighted by Crippen LogP contribution is 2.24. The molecule has 1 saturated heterocycles. The van der Waals surface area contributed by atoms with E-state index >= 15 is 0 Å². The van der Waals surface area contributed by atoms with Crippen molar-refractivity contribution in [2.45, 2.75) is 26.3 Å². The Hall–Kier alpha value is -3.18. The molecule has 0 spiro atoms. The van der Waals surface area contributed by atoms with Crippen molar-refractivity contribution in [3.63, 3.8) is 0 Å². The number of ketones is 1. The van der Waals surface area contributed by atoms with E-state index in [1.165, 1.54) is 0 Å². The number of furan rings is 1. The van der Waals surface area contributed by atoms with Gasteiger partial charge in [-0.15, -0.1) is 0 Å². The molecule has 5 heteroatoms.